The maximum absolute atomic E-state index is 11.8. The summed E-state index contributed by atoms with van der Waals surface area (Å²) in [6.07, 6.45) is -0.578. The lowest BCUT2D eigenvalue weighted by Gasteiger charge is -2.19. The van der Waals surface area contributed by atoms with Gasteiger partial charge in [0.05, 0.1) is 11.5 Å². The molecule has 1 aromatic rings. The van der Waals surface area contributed by atoms with Crippen LogP contribution in [0.5, 0.6) is 5.75 Å². The highest BCUT2D eigenvalue weighted by Gasteiger charge is 2.21. The van der Waals surface area contributed by atoms with Gasteiger partial charge in [-0.1, -0.05) is 0 Å². The van der Waals surface area contributed by atoms with Gasteiger partial charge in [-0.05, 0) is 33.3 Å². The Labute approximate surface area is 138 Å². The summed E-state index contributed by atoms with van der Waals surface area (Å²) >= 11 is 0. The van der Waals surface area contributed by atoms with E-state index in [1.807, 2.05) is 0 Å². The van der Waals surface area contributed by atoms with E-state index in [2.05, 4.69) is 5.32 Å². The van der Waals surface area contributed by atoms with E-state index in [-0.39, 0.29) is 30.2 Å². The number of hydrogen-bond donors (Lipinski definition) is 2. The van der Waals surface area contributed by atoms with E-state index in [0.717, 1.165) is 0 Å². The molecule has 0 saturated heterocycles. The number of carboxylic acids is 1. The smallest absolute Gasteiger partial charge is 0.412 e. The molecule has 0 aliphatic heterocycles. The number of nitrogens with one attached hydrogen (secondary N) is 1. The fourth-order valence-electron chi connectivity index (χ4n) is 1.69. The predicted octanol–water partition coefficient (Wildman–Crippen LogP) is 3.19. The first-order chi connectivity index (χ1) is 11.1. The minimum absolute atomic E-state index is 0.0456. The zero-order valence-corrected chi connectivity index (χ0v) is 13.7. The molecule has 0 heterocycles. The Morgan fingerprint density at radius 1 is 1.33 bits per heavy atom. The number of ether oxygens (including phenoxy) is 2. The molecule has 132 valence electrons. The summed E-state index contributed by atoms with van der Waals surface area (Å²) in [6, 6.07) is 3.86. The Balaban J connectivity index is 2.83. The third-order valence-corrected chi connectivity index (χ3v) is 2.60. The van der Waals surface area contributed by atoms with Gasteiger partial charge in [0.15, 0.2) is 0 Å². The van der Waals surface area contributed by atoms with Crippen LogP contribution >= 0.6 is 0 Å². The molecule has 9 nitrogen and oxygen atoms in total. The van der Waals surface area contributed by atoms with Gasteiger partial charge >= 0.3 is 12.1 Å². The van der Waals surface area contributed by atoms with Crippen LogP contribution in [0, 0.1) is 10.1 Å². The van der Waals surface area contributed by atoms with Crippen LogP contribution in [0.2, 0.25) is 0 Å². The lowest BCUT2D eigenvalue weighted by molar-refractivity contribution is -0.383. The molecule has 0 aliphatic rings. The standard InChI is InChI=1S/C15H20N2O7/c1-15(2,3)24-14(20)16-11-9-10(6-7-12(11)17(21)22)23-8-4-5-13(18)19/h6-7,9H,4-5,8H2,1-3H3,(H,16,20)(H,18,19). The third-order valence-electron chi connectivity index (χ3n) is 2.60. The molecular weight excluding hydrogens is 320 g/mol. The average molecular weight is 340 g/mol. The predicted molar refractivity (Wildman–Crippen MR) is 85.3 cm³/mol. The van der Waals surface area contributed by atoms with Gasteiger partial charge < -0.3 is 14.6 Å². The normalized spacial score (nSPS) is 10.8. The van der Waals surface area contributed by atoms with Crippen molar-refractivity contribution >= 4 is 23.4 Å². The van der Waals surface area contributed by atoms with Gasteiger partial charge in [-0.25, -0.2) is 4.79 Å². The number of aliphatic carboxylic acids is 1. The molecule has 0 atom stereocenters. The Morgan fingerprint density at radius 2 is 2.00 bits per heavy atom. The van der Waals surface area contributed by atoms with Gasteiger partial charge in [-0.3, -0.25) is 20.2 Å². The monoisotopic (exact) mass is 340 g/mol. The molecule has 1 amide bonds. The molecular formula is C15H20N2O7. The summed E-state index contributed by atoms with van der Waals surface area (Å²) in [5.41, 5.74) is -1.12. The Bertz CT molecular complexity index is 623. The minimum Gasteiger partial charge on any atom is -0.493 e. The Hall–Kier alpha value is -2.84. The van der Waals surface area contributed by atoms with Crippen molar-refractivity contribution in [3.63, 3.8) is 0 Å². The number of nitrogens with zero attached hydrogens (tertiary/aromatic N) is 1. The highest BCUT2D eigenvalue weighted by atomic mass is 16.6. The zero-order chi connectivity index (χ0) is 18.3. The van der Waals surface area contributed by atoms with Crippen molar-refractivity contribution in [2.45, 2.75) is 39.2 Å². The first-order valence-electron chi connectivity index (χ1n) is 7.21. The van der Waals surface area contributed by atoms with Crippen LogP contribution in [-0.4, -0.2) is 34.3 Å². The van der Waals surface area contributed by atoms with Crippen LogP contribution in [0.1, 0.15) is 33.6 Å². The second-order valence-electron chi connectivity index (χ2n) is 5.91. The van der Waals surface area contributed by atoms with Crippen molar-refractivity contribution in [1.82, 2.24) is 0 Å². The zero-order valence-electron chi connectivity index (χ0n) is 13.7. The molecule has 0 spiro atoms. The summed E-state index contributed by atoms with van der Waals surface area (Å²) in [4.78, 5) is 32.6. The van der Waals surface area contributed by atoms with Crippen LogP contribution in [0.4, 0.5) is 16.2 Å². The topological polar surface area (TPSA) is 128 Å². The SMILES string of the molecule is CC(C)(C)OC(=O)Nc1cc(OCCCC(=O)O)ccc1[N+](=O)[O-]. The highest BCUT2D eigenvalue weighted by molar-refractivity contribution is 5.88. The van der Waals surface area contributed by atoms with Crippen molar-refractivity contribution in [1.29, 1.82) is 0 Å². The molecule has 1 rings (SSSR count). The van der Waals surface area contributed by atoms with Crippen LogP contribution in [-0.2, 0) is 9.53 Å². The van der Waals surface area contributed by atoms with Crippen LogP contribution in [0.25, 0.3) is 0 Å². The van der Waals surface area contributed by atoms with Crippen molar-refractivity contribution in [3.05, 3.63) is 28.3 Å². The van der Waals surface area contributed by atoms with E-state index < -0.39 is 22.6 Å². The summed E-state index contributed by atoms with van der Waals surface area (Å²) in [5.74, 6) is -0.661. The Kier molecular flexibility index (Phi) is 6.51. The first kappa shape index (κ1) is 19.2. The molecule has 0 aromatic heterocycles. The molecule has 2 N–H and O–H groups in total. The van der Waals surface area contributed by atoms with Gasteiger partial charge in [-0.15, -0.1) is 0 Å². The fraction of sp³-hybridized carbons (Fsp3) is 0.467. The van der Waals surface area contributed by atoms with Gasteiger partial charge in [0, 0.05) is 18.6 Å². The molecule has 0 bridgehead atoms. The second kappa shape index (κ2) is 8.14. The fourth-order valence-corrected chi connectivity index (χ4v) is 1.69. The van der Waals surface area contributed by atoms with E-state index in [4.69, 9.17) is 14.6 Å². The number of carbonyl (C=O) groups excluding carboxylic acids is 1. The van der Waals surface area contributed by atoms with Crippen molar-refractivity contribution < 1.29 is 29.1 Å². The molecule has 0 unspecified atom stereocenters. The highest BCUT2D eigenvalue weighted by Crippen LogP contribution is 2.29. The number of nitro benzene ring substituents is 1. The third kappa shape index (κ3) is 6.95. The van der Waals surface area contributed by atoms with Crippen molar-refractivity contribution in [2.75, 3.05) is 11.9 Å². The maximum atomic E-state index is 11.8. The summed E-state index contributed by atoms with van der Waals surface area (Å²) in [7, 11) is 0. The number of nitro groups is 1. The quantitative estimate of drug-likeness (QED) is 0.443. The molecule has 1 aromatic carbocycles. The van der Waals surface area contributed by atoms with Gasteiger partial charge in [0.2, 0.25) is 0 Å². The Morgan fingerprint density at radius 3 is 2.54 bits per heavy atom. The maximum Gasteiger partial charge on any atom is 0.412 e. The minimum atomic E-state index is -0.936. The van der Waals surface area contributed by atoms with Crippen molar-refractivity contribution in [2.24, 2.45) is 0 Å². The van der Waals surface area contributed by atoms with Crippen LogP contribution in [0.15, 0.2) is 18.2 Å². The van der Waals surface area contributed by atoms with E-state index >= 15 is 0 Å². The molecule has 24 heavy (non-hydrogen) atoms. The summed E-state index contributed by atoms with van der Waals surface area (Å²) < 4.78 is 10.4. The summed E-state index contributed by atoms with van der Waals surface area (Å²) in [6.45, 7) is 5.14. The largest absolute Gasteiger partial charge is 0.493 e. The number of amides is 1. The number of carbonyl (C=O) groups is 2. The van der Waals surface area contributed by atoms with Crippen LogP contribution < -0.4 is 10.1 Å². The van der Waals surface area contributed by atoms with Gasteiger partial charge in [0.1, 0.15) is 17.0 Å². The molecule has 9 heteroatoms. The van der Waals surface area contributed by atoms with Crippen molar-refractivity contribution in [3.8, 4) is 5.75 Å². The first-order valence-corrected chi connectivity index (χ1v) is 7.21. The molecule has 0 fully saturated rings. The molecule has 0 aliphatic carbocycles. The number of hydrogen-bond acceptors (Lipinski definition) is 6. The summed E-state index contributed by atoms with van der Waals surface area (Å²) in [5, 5.41) is 21.9. The van der Waals surface area contributed by atoms with E-state index in [0.29, 0.717) is 6.42 Å². The second-order valence-corrected chi connectivity index (χ2v) is 5.91. The number of carboxylic acid groups (broad SMARTS) is 1. The molecule has 0 radical (unpaired) electrons. The lowest BCUT2D eigenvalue weighted by atomic mass is 10.2. The molecule has 0 saturated carbocycles. The average Bonchev–Trinajstić information content (AvgIpc) is 2.41. The lowest BCUT2D eigenvalue weighted by Crippen LogP contribution is -2.27. The number of benzene rings is 1. The van der Waals surface area contributed by atoms with Gasteiger partial charge in [-0.2, -0.15) is 0 Å². The van der Waals surface area contributed by atoms with E-state index in [1.54, 1.807) is 20.8 Å². The van der Waals surface area contributed by atoms with E-state index in [1.165, 1.54) is 18.2 Å². The van der Waals surface area contributed by atoms with Gasteiger partial charge in [0.25, 0.3) is 5.69 Å². The number of rotatable bonds is 7. The van der Waals surface area contributed by atoms with E-state index in [9.17, 15) is 19.7 Å². The number of anilines is 1. The van der Waals surface area contributed by atoms with Crippen LogP contribution in [0.3, 0.4) is 0 Å².